The molecule has 1 heterocycles. The van der Waals surface area contributed by atoms with E-state index in [2.05, 4.69) is 12.1 Å². The molecule has 0 aliphatic carbocycles. The molecule has 0 unspecified atom stereocenters. The molecule has 0 amide bonds. The number of ether oxygens (including phenoxy) is 2. The van der Waals surface area contributed by atoms with Gasteiger partial charge < -0.3 is 9.47 Å². The molecule has 3 nitrogen and oxygen atoms in total. The lowest BCUT2D eigenvalue weighted by molar-refractivity contribution is 0.158. The lowest BCUT2D eigenvalue weighted by atomic mass is 9.89. The smallest absolute Gasteiger partial charge is 0.128 e. The third-order valence-electron chi connectivity index (χ3n) is 3.66. The zero-order valence-electron chi connectivity index (χ0n) is 12.9. The van der Waals surface area contributed by atoms with Crippen LogP contribution in [-0.2, 0) is 0 Å². The van der Waals surface area contributed by atoms with Crippen molar-refractivity contribution in [3.8, 4) is 17.6 Å². The van der Waals surface area contributed by atoms with Gasteiger partial charge in [0.1, 0.15) is 17.1 Å². The Hall–Kier alpha value is -2.73. The molecule has 22 heavy (non-hydrogen) atoms. The van der Waals surface area contributed by atoms with Gasteiger partial charge in [-0.2, -0.15) is 5.26 Å². The first-order chi connectivity index (χ1) is 10.5. The number of hydrogen-bond donors (Lipinski definition) is 0. The van der Waals surface area contributed by atoms with Crippen LogP contribution in [0.3, 0.4) is 0 Å². The summed E-state index contributed by atoms with van der Waals surface area (Å²) in [4.78, 5) is 0. The number of hydrogen-bond acceptors (Lipinski definition) is 3. The second-order valence-electron chi connectivity index (χ2n) is 5.79. The molecule has 2 aromatic carbocycles. The molecule has 0 spiro atoms. The summed E-state index contributed by atoms with van der Waals surface area (Å²) in [6.45, 7) is 4.03. The molecule has 2 aromatic rings. The fraction of sp³-hybridized carbons (Fsp3) is 0.211. The van der Waals surface area contributed by atoms with Crippen molar-refractivity contribution < 1.29 is 9.47 Å². The van der Waals surface area contributed by atoms with Gasteiger partial charge in [-0.15, -0.1) is 0 Å². The highest BCUT2D eigenvalue weighted by Gasteiger charge is 2.28. The third kappa shape index (κ3) is 2.44. The quantitative estimate of drug-likeness (QED) is 0.834. The largest absolute Gasteiger partial charge is 0.496 e. The van der Waals surface area contributed by atoms with E-state index in [9.17, 15) is 0 Å². The highest BCUT2D eigenvalue weighted by atomic mass is 16.5. The van der Waals surface area contributed by atoms with Crippen molar-refractivity contribution in [3.63, 3.8) is 0 Å². The molecule has 1 aliphatic rings. The fourth-order valence-corrected chi connectivity index (χ4v) is 2.73. The maximum absolute atomic E-state index is 9.16. The Bertz CT molecular complexity index is 797. The van der Waals surface area contributed by atoms with Gasteiger partial charge in [0, 0.05) is 11.1 Å². The van der Waals surface area contributed by atoms with E-state index in [1.165, 1.54) is 0 Å². The normalized spacial score (nSPS) is 15.1. The maximum atomic E-state index is 9.16. The van der Waals surface area contributed by atoms with Crippen molar-refractivity contribution in [2.75, 3.05) is 7.11 Å². The second-order valence-corrected chi connectivity index (χ2v) is 5.79. The van der Waals surface area contributed by atoms with E-state index in [1.54, 1.807) is 13.2 Å². The van der Waals surface area contributed by atoms with Crippen LogP contribution in [0.4, 0.5) is 0 Å². The van der Waals surface area contributed by atoms with Crippen molar-refractivity contribution >= 4 is 5.57 Å². The van der Waals surface area contributed by atoms with E-state index >= 15 is 0 Å². The van der Waals surface area contributed by atoms with Gasteiger partial charge in [-0.05, 0) is 49.8 Å². The molecule has 1 aliphatic heterocycles. The average molecular weight is 291 g/mol. The summed E-state index contributed by atoms with van der Waals surface area (Å²) in [5, 5.41) is 9.16. The molecule has 0 bridgehead atoms. The first-order valence-corrected chi connectivity index (χ1v) is 7.14. The molecule has 3 rings (SSSR count). The summed E-state index contributed by atoms with van der Waals surface area (Å²) in [7, 11) is 1.66. The Balaban J connectivity index is 2.25. The van der Waals surface area contributed by atoms with Gasteiger partial charge in [0.25, 0.3) is 0 Å². The minimum Gasteiger partial charge on any atom is -0.496 e. The number of para-hydroxylation sites is 1. The van der Waals surface area contributed by atoms with E-state index in [-0.39, 0.29) is 0 Å². The van der Waals surface area contributed by atoms with Crippen molar-refractivity contribution in [2.24, 2.45) is 0 Å². The number of nitrogens with zero attached hydrogens (tertiary/aromatic N) is 1. The fourth-order valence-electron chi connectivity index (χ4n) is 2.73. The molecular weight excluding hydrogens is 274 g/mol. The third-order valence-corrected chi connectivity index (χ3v) is 3.66. The highest BCUT2D eigenvalue weighted by Crippen LogP contribution is 2.42. The van der Waals surface area contributed by atoms with Crippen LogP contribution in [0.25, 0.3) is 5.57 Å². The number of nitriles is 1. The summed E-state index contributed by atoms with van der Waals surface area (Å²) < 4.78 is 11.5. The summed E-state index contributed by atoms with van der Waals surface area (Å²) in [6.07, 6.45) is 2.08. The lowest BCUT2D eigenvalue weighted by Crippen LogP contribution is -2.29. The average Bonchev–Trinajstić information content (AvgIpc) is 2.53. The van der Waals surface area contributed by atoms with Crippen LogP contribution in [0, 0.1) is 11.3 Å². The molecule has 0 saturated carbocycles. The highest BCUT2D eigenvalue weighted by molar-refractivity contribution is 5.87. The zero-order valence-corrected chi connectivity index (χ0v) is 12.9. The van der Waals surface area contributed by atoms with Gasteiger partial charge >= 0.3 is 0 Å². The predicted molar refractivity (Wildman–Crippen MR) is 85.9 cm³/mol. The van der Waals surface area contributed by atoms with E-state index in [4.69, 9.17) is 14.7 Å². The summed E-state index contributed by atoms with van der Waals surface area (Å²) in [5.41, 5.74) is 3.14. The Morgan fingerprint density at radius 1 is 1.09 bits per heavy atom. The molecule has 0 aromatic heterocycles. The van der Waals surface area contributed by atoms with Gasteiger partial charge in [0.05, 0.1) is 18.7 Å². The number of fused-ring (bicyclic) bond motifs is 1. The van der Waals surface area contributed by atoms with Gasteiger partial charge in [-0.1, -0.05) is 18.2 Å². The van der Waals surface area contributed by atoms with Crippen molar-refractivity contribution in [3.05, 3.63) is 65.2 Å². The number of rotatable bonds is 2. The second kappa shape index (κ2) is 5.23. The molecule has 3 heteroatoms. The van der Waals surface area contributed by atoms with Crippen molar-refractivity contribution in [1.29, 1.82) is 5.26 Å². The number of methoxy groups -OCH3 is 1. The molecule has 0 saturated heterocycles. The molecular formula is C19H17NO2. The van der Waals surface area contributed by atoms with Gasteiger partial charge in [0.2, 0.25) is 0 Å². The van der Waals surface area contributed by atoms with E-state index < -0.39 is 5.60 Å². The number of benzene rings is 2. The van der Waals surface area contributed by atoms with Gasteiger partial charge in [0.15, 0.2) is 0 Å². The Labute approximate surface area is 130 Å². The Morgan fingerprint density at radius 3 is 2.59 bits per heavy atom. The molecule has 110 valence electrons. The van der Waals surface area contributed by atoms with E-state index in [1.807, 2.05) is 50.2 Å². The van der Waals surface area contributed by atoms with Crippen molar-refractivity contribution in [1.82, 2.24) is 0 Å². The first-order valence-electron chi connectivity index (χ1n) is 7.14. The predicted octanol–water partition coefficient (Wildman–Crippen LogP) is 4.17. The van der Waals surface area contributed by atoms with Crippen LogP contribution >= 0.6 is 0 Å². The van der Waals surface area contributed by atoms with Gasteiger partial charge in [-0.3, -0.25) is 0 Å². The molecule has 0 atom stereocenters. The monoisotopic (exact) mass is 291 g/mol. The standard InChI is InChI=1S/C19H17NO2/c1-19(2)11-16(14-6-4-5-7-17(14)21-3)15-10-13(12-20)8-9-18(15)22-19/h4-11H,1-3H3. The van der Waals surface area contributed by atoms with Gasteiger partial charge in [-0.25, -0.2) is 0 Å². The van der Waals surface area contributed by atoms with Crippen LogP contribution in [-0.4, -0.2) is 12.7 Å². The summed E-state index contributed by atoms with van der Waals surface area (Å²) in [5.74, 6) is 1.59. The van der Waals surface area contributed by atoms with E-state index in [0.717, 1.165) is 28.2 Å². The SMILES string of the molecule is COc1ccccc1C1=CC(C)(C)Oc2ccc(C#N)cc21. The van der Waals surface area contributed by atoms with Crippen LogP contribution in [0.15, 0.2) is 48.5 Å². The Kier molecular flexibility index (Phi) is 3.38. The summed E-state index contributed by atoms with van der Waals surface area (Å²) >= 11 is 0. The van der Waals surface area contributed by atoms with Crippen LogP contribution in [0.2, 0.25) is 0 Å². The van der Waals surface area contributed by atoms with Crippen LogP contribution in [0.1, 0.15) is 30.5 Å². The lowest BCUT2D eigenvalue weighted by Gasteiger charge is -2.31. The zero-order chi connectivity index (χ0) is 15.7. The van der Waals surface area contributed by atoms with Crippen molar-refractivity contribution in [2.45, 2.75) is 19.4 Å². The first kappa shape index (κ1) is 14.2. The Morgan fingerprint density at radius 2 is 1.86 bits per heavy atom. The topological polar surface area (TPSA) is 42.2 Å². The van der Waals surface area contributed by atoms with E-state index in [0.29, 0.717) is 5.56 Å². The maximum Gasteiger partial charge on any atom is 0.128 e. The minimum atomic E-state index is -0.419. The molecule has 0 N–H and O–H groups in total. The molecule has 0 radical (unpaired) electrons. The molecule has 0 fully saturated rings. The summed E-state index contributed by atoms with van der Waals surface area (Å²) in [6, 6.07) is 15.6. The van der Waals surface area contributed by atoms with Crippen LogP contribution < -0.4 is 9.47 Å². The minimum absolute atomic E-state index is 0.419. The van der Waals surface area contributed by atoms with Crippen LogP contribution in [0.5, 0.6) is 11.5 Å².